The summed E-state index contributed by atoms with van der Waals surface area (Å²) in [6, 6.07) is 19.0. The zero-order chi connectivity index (χ0) is 23.4. The summed E-state index contributed by atoms with van der Waals surface area (Å²) in [6.07, 6.45) is -0.915. The van der Waals surface area contributed by atoms with Gasteiger partial charge in [-0.25, -0.2) is 14.0 Å². The molecule has 0 aliphatic heterocycles. The van der Waals surface area contributed by atoms with Gasteiger partial charge in [0, 0.05) is 22.4 Å². The molecule has 0 aliphatic rings. The Balaban J connectivity index is 1.39. The van der Waals surface area contributed by atoms with Gasteiger partial charge in [0.1, 0.15) is 23.2 Å². The minimum Gasteiger partial charge on any atom is -0.480 e. The number of hydrogen-bond donors (Lipinski definition) is 2. The molecule has 4 aromatic rings. The smallest absolute Gasteiger partial charge is 0.408 e. The fourth-order valence-corrected chi connectivity index (χ4v) is 3.65. The summed E-state index contributed by atoms with van der Waals surface area (Å²) in [5, 5.41) is 13.1. The van der Waals surface area contributed by atoms with Crippen molar-refractivity contribution in [2.75, 3.05) is 0 Å². The Labute approximate surface area is 193 Å². The maximum atomic E-state index is 13.0. The highest BCUT2D eigenvalue weighted by molar-refractivity contribution is 6.33. The van der Waals surface area contributed by atoms with E-state index in [1.807, 2.05) is 36.4 Å². The number of amides is 1. The van der Waals surface area contributed by atoms with Crippen molar-refractivity contribution in [2.45, 2.75) is 19.1 Å². The van der Waals surface area contributed by atoms with E-state index in [0.29, 0.717) is 21.9 Å². The van der Waals surface area contributed by atoms with Crippen LogP contribution < -0.4 is 5.32 Å². The van der Waals surface area contributed by atoms with Gasteiger partial charge >= 0.3 is 12.1 Å². The summed E-state index contributed by atoms with van der Waals surface area (Å²) in [4.78, 5) is 23.7. The van der Waals surface area contributed by atoms with Crippen molar-refractivity contribution < 1.29 is 28.2 Å². The number of halogens is 2. The zero-order valence-electron chi connectivity index (χ0n) is 17.3. The fourth-order valence-electron chi connectivity index (χ4n) is 3.41. The highest BCUT2D eigenvalue weighted by atomic mass is 35.5. The molecular formula is C25H19ClFNO5. The molecule has 33 heavy (non-hydrogen) atoms. The topological polar surface area (TPSA) is 88.8 Å². The molecule has 168 valence electrons. The van der Waals surface area contributed by atoms with Crippen LogP contribution in [0.3, 0.4) is 0 Å². The number of benzene rings is 3. The monoisotopic (exact) mass is 467 g/mol. The number of rotatable bonds is 7. The Hall–Kier alpha value is -3.84. The highest BCUT2D eigenvalue weighted by Gasteiger charge is 2.21. The molecule has 1 unspecified atom stereocenters. The maximum Gasteiger partial charge on any atom is 0.408 e. The first-order valence-electron chi connectivity index (χ1n) is 10.1. The third-order valence-electron chi connectivity index (χ3n) is 5.04. The van der Waals surface area contributed by atoms with Crippen LogP contribution >= 0.6 is 11.6 Å². The van der Waals surface area contributed by atoms with E-state index in [1.165, 1.54) is 24.3 Å². The van der Waals surface area contributed by atoms with E-state index >= 15 is 0 Å². The number of carbonyl (C=O) groups is 2. The molecule has 0 spiro atoms. The van der Waals surface area contributed by atoms with Gasteiger partial charge in [0.15, 0.2) is 6.61 Å². The van der Waals surface area contributed by atoms with Crippen LogP contribution in [0, 0.1) is 5.82 Å². The minimum atomic E-state index is -1.23. The second-order valence-corrected chi connectivity index (χ2v) is 7.79. The van der Waals surface area contributed by atoms with Crippen LogP contribution in [0.5, 0.6) is 0 Å². The van der Waals surface area contributed by atoms with Crippen LogP contribution in [0.25, 0.3) is 22.1 Å². The molecule has 0 bridgehead atoms. The Bertz CT molecular complexity index is 1300. The number of aliphatic carboxylic acids is 1. The minimum absolute atomic E-state index is 0.0137. The predicted octanol–water partition coefficient (Wildman–Crippen LogP) is 5.81. The van der Waals surface area contributed by atoms with Crippen molar-refractivity contribution in [1.82, 2.24) is 5.32 Å². The molecule has 1 atom stereocenters. The van der Waals surface area contributed by atoms with Crippen molar-refractivity contribution in [3.05, 3.63) is 95.0 Å². The molecule has 4 rings (SSSR count). The van der Waals surface area contributed by atoms with Gasteiger partial charge in [0.2, 0.25) is 0 Å². The van der Waals surface area contributed by atoms with E-state index in [0.717, 1.165) is 16.5 Å². The molecule has 1 heterocycles. The normalized spacial score (nSPS) is 11.8. The Morgan fingerprint density at radius 3 is 2.55 bits per heavy atom. The van der Waals surface area contributed by atoms with E-state index in [9.17, 15) is 19.1 Å². The molecule has 0 fully saturated rings. The summed E-state index contributed by atoms with van der Waals surface area (Å²) in [5.41, 5.74) is 2.99. The zero-order valence-corrected chi connectivity index (χ0v) is 18.0. The number of ether oxygens (including phenoxy) is 1. The lowest BCUT2D eigenvalue weighted by Crippen LogP contribution is -2.42. The fraction of sp³-hybridized carbons (Fsp3) is 0.120. The van der Waals surface area contributed by atoms with Gasteiger partial charge in [-0.1, -0.05) is 48.0 Å². The van der Waals surface area contributed by atoms with Crippen LogP contribution in [-0.2, 0) is 22.6 Å². The Morgan fingerprint density at radius 1 is 1.06 bits per heavy atom. The van der Waals surface area contributed by atoms with Crippen LogP contribution in [0.2, 0.25) is 5.02 Å². The van der Waals surface area contributed by atoms with Crippen LogP contribution in [0.15, 0.2) is 77.2 Å². The van der Waals surface area contributed by atoms with E-state index in [1.54, 1.807) is 12.1 Å². The number of nitrogens with one attached hydrogen (secondary N) is 1. The Kier molecular flexibility index (Phi) is 6.60. The second-order valence-electron chi connectivity index (χ2n) is 7.39. The molecule has 1 amide bonds. The van der Waals surface area contributed by atoms with Crippen LogP contribution in [0.4, 0.5) is 9.18 Å². The average Bonchev–Trinajstić information content (AvgIpc) is 3.21. The van der Waals surface area contributed by atoms with Gasteiger partial charge in [-0.15, -0.1) is 0 Å². The summed E-state index contributed by atoms with van der Waals surface area (Å²) < 4.78 is 23.9. The van der Waals surface area contributed by atoms with Crippen molar-refractivity contribution in [3.8, 4) is 11.1 Å². The maximum absolute atomic E-state index is 13.0. The molecule has 0 saturated heterocycles. The van der Waals surface area contributed by atoms with Crippen molar-refractivity contribution in [1.29, 1.82) is 0 Å². The molecule has 0 saturated carbocycles. The van der Waals surface area contributed by atoms with Crippen molar-refractivity contribution in [2.24, 2.45) is 0 Å². The average molecular weight is 468 g/mol. The summed E-state index contributed by atoms with van der Waals surface area (Å²) in [7, 11) is 0. The van der Waals surface area contributed by atoms with Gasteiger partial charge < -0.3 is 19.6 Å². The molecule has 2 N–H and O–H groups in total. The van der Waals surface area contributed by atoms with E-state index in [2.05, 4.69) is 5.32 Å². The molecule has 3 aromatic carbocycles. The first kappa shape index (κ1) is 22.4. The molecule has 6 nitrogen and oxygen atoms in total. The van der Waals surface area contributed by atoms with Gasteiger partial charge in [0.25, 0.3) is 0 Å². The van der Waals surface area contributed by atoms with Crippen molar-refractivity contribution in [3.63, 3.8) is 0 Å². The van der Waals surface area contributed by atoms with Crippen LogP contribution in [0.1, 0.15) is 11.3 Å². The SMILES string of the molecule is O=C(NC(Cc1ccc(F)cc1)C(=O)O)OCc1cc2cc(-c3ccccc3Cl)ccc2o1. The second kappa shape index (κ2) is 9.75. The first-order chi connectivity index (χ1) is 15.9. The lowest BCUT2D eigenvalue weighted by molar-refractivity contribution is -0.139. The predicted molar refractivity (Wildman–Crippen MR) is 122 cm³/mol. The first-order valence-corrected chi connectivity index (χ1v) is 10.4. The van der Waals surface area contributed by atoms with Gasteiger partial charge in [-0.2, -0.15) is 0 Å². The molecular weight excluding hydrogens is 449 g/mol. The third kappa shape index (κ3) is 5.51. The number of carboxylic acid groups (broad SMARTS) is 1. The Morgan fingerprint density at radius 2 is 1.82 bits per heavy atom. The number of fused-ring (bicyclic) bond motifs is 1. The number of alkyl carbamates (subject to hydrolysis) is 1. The highest BCUT2D eigenvalue weighted by Crippen LogP contribution is 2.31. The van der Waals surface area contributed by atoms with Gasteiger partial charge in [0.05, 0.1) is 0 Å². The third-order valence-corrected chi connectivity index (χ3v) is 5.37. The van der Waals surface area contributed by atoms with E-state index < -0.39 is 23.9 Å². The molecule has 0 aliphatic carbocycles. The summed E-state index contributed by atoms with van der Waals surface area (Å²) in [5.74, 6) is -1.25. The number of hydrogen-bond acceptors (Lipinski definition) is 4. The lowest BCUT2D eigenvalue weighted by atomic mass is 10.0. The number of carbonyl (C=O) groups excluding carboxylic acids is 1. The lowest BCUT2D eigenvalue weighted by Gasteiger charge is -2.14. The quantitative estimate of drug-likeness (QED) is 0.358. The largest absolute Gasteiger partial charge is 0.480 e. The molecule has 8 heteroatoms. The van der Waals surface area contributed by atoms with Crippen LogP contribution in [-0.4, -0.2) is 23.2 Å². The van der Waals surface area contributed by atoms with Crippen molar-refractivity contribution >= 4 is 34.6 Å². The summed E-state index contributed by atoms with van der Waals surface area (Å²) >= 11 is 6.28. The molecule has 1 aromatic heterocycles. The van der Waals surface area contributed by atoms with Gasteiger partial charge in [-0.3, -0.25) is 0 Å². The van der Waals surface area contributed by atoms with Gasteiger partial charge in [-0.05, 0) is 47.5 Å². The summed E-state index contributed by atoms with van der Waals surface area (Å²) in [6.45, 7) is -0.176. The number of furan rings is 1. The van der Waals surface area contributed by atoms with E-state index in [-0.39, 0.29) is 13.0 Å². The molecule has 0 radical (unpaired) electrons. The standard InChI is InChI=1S/C25H19ClFNO5/c26-21-4-2-1-3-20(21)16-7-10-23-17(12-16)13-19(33-23)14-32-25(31)28-22(24(29)30)11-15-5-8-18(27)9-6-15/h1-10,12-13,22H,11,14H2,(H,28,31)(H,29,30). The number of carboxylic acids is 1. The van der Waals surface area contributed by atoms with E-state index in [4.69, 9.17) is 20.8 Å².